The summed E-state index contributed by atoms with van der Waals surface area (Å²) in [6.45, 7) is 3.99. The van der Waals surface area contributed by atoms with Gasteiger partial charge in [-0.1, -0.05) is 44.2 Å². The van der Waals surface area contributed by atoms with Crippen molar-refractivity contribution in [2.24, 2.45) is 5.92 Å². The Morgan fingerprint density at radius 1 is 0.966 bits per heavy atom. The van der Waals surface area contributed by atoms with Crippen molar-refractivity contribution in [1.82, 2.24) is 0 Å². The SMILES string of the molecule is COc1ccc(OC(C(=O)OCc2coc(Cc3ccccc3)c2)C(C)C)cc1. The number of furan rings is 1. The summed E-state index contributed by atoms with van der Waals surface area (Å²) in [5, 5.41) is 0. The van der Waals surface area contributed by atoms with Crippen LogP contribution in [0, 0.1) is 5.92 Å². The number of carbonyl (C=O) groups is 1. The average molecular weight is 394 g/mol. The minimum atomic E-state index is -0.695. The molecule has 0 aliphatic rings. The van der Waals surface area contributed by atoms with E-state index in [1.165, 1.54) is 0 Å². The molecule has 3 rings (SSSR count). The van der Waals surface area contributed by atoms with Crippen molar-refractivity contribution >= 4 is 5.97 Å². The predicted molar refractivity (Wildman–Crippen MR) is 110 cm³/mol. The molecule has 0 fully saturated rings. The standard InChI is InChI=1S/C24H26O5/c1-17(2)23(29-21-11-9-20(26-3)10-12-21)24(25)28-16-19-14-22(27-15-19)13-18-7-5-4-6-8-18/h4-12,14-15,17,23H,13,16H2,1-3H3. The summed E-state index contributed by atoms with van der Waals surface area (Å²) in [4.78, 5) is 12.6. The van der Waals surface area contributed by atoms with Gasteiger partial charge in [0.1, 0.15) is 23.9 Å². The molecule has 29 heavy (non-hydrogen) atoms. The Labute approximate surface area is 171 Å². The van der Waals surface area contributed by atoms with Gasteiger partial charge in [0.05, 0.1) is 13.4 Å². The zero-order chi connectivity index (χ0) is 20.6. The molecule has 5 heteroatoms. The van der Waals surface area contributed by atoms with Crippen LogP contribution in [0.15, 0.2) is 71.3 Å². The molecule has 1 aromatic heterocycles. The quantitative estimate of drug-likeness (QED) is 0.477. The lowest BCUT2D eigenvalue weighted by molar-refractivity contribution is -0.155. The maximum Gasteiger partial charge on any atom is 0.347 e. The normalized spacial score (nSPS) is 11.9. The van der Waals surface area contributed by atoms with Crippen LogP contribution in [-0.2, 0) is 22.6 Å². The van der Waals surface area contributed by atoms with Crippen LogP contribution in [0.3, 0.4) is 0 Å². The summed E-state index contributed by atoms with van der Waals surface area (Å²) in [7, 11) is 1.60. The summed E-state index contributed by atoms with van der Waals surface area (Å²) in [5.74, 6) is 1.71. The van der Waals surface area contributed by atoms with Gasteiger partial charge in [0.15, 0.2) is 6.10 Å². The van der Waals surface area contributed by atoms with Crippen molar-refractivity contribution in [2.75, 3.05) is 7.11 Å². The van der Waals surface area contributed by atoms with Crippen LogP contribution in [0.4, 0.5) is 0 Å². The number of methoxy groups -OCH3 is 1. The Kier molecular flexibility index (Phi) is 6.95. The van der Waals surface area contributed by atoms with Crippen LogP contribution >= 0.6 is 0 Å². The third-order valence-corrected chi connectivity index (χ3v) is 4.47. The van der Waals surface area contributed by atoms with Gasteiger partial charge in [-0.05, 0) is 35.9 Å². The Balaban J connectivity index is 1.56. The lowest BCUT2D eigenvalue weighted by atomic mass is 10.1. The van der Waals surface area contributed by atoms with Crippen molar-refractivity contribution in [1.29, 1.82) is 0 Å². The predicted octanol–water partition coefficient (Wildman–Crippen LogP) is 5.03. The fourth-order valence-electron chi connectivity index (χ4n) is 2.89. The number of hydrogen-bond acceptors (Lipinski definition) is 5. The van der Waals surface area contributed by atoms with Crippen molar-refractivity contribution in [3.63, 3.8) is 0 Å². The molecule has 0 aliphatic carbocycles. The van der Waals surface area contributed by atoms with Crippen LogP contribution in [0.25, 0.3) is 0 Å². The first kappa shape index (κ1) is 20.5. The highest BCUT2D eigenvalue weighted by atomic mass is 16.6. The van der Waals surface area contributed by atoms with E-state index in [4.69, 9.17) is 18.6 Å². The van der Waals surface area contributed by atoms with Crippen LogP contribution in [0.2, 0.25) is 0 Å². The molecule has 1 unspecified atom stereocenters. The summed E-state index contributed by atoms with van der Waals surface area (Å²) >= 11 is 0. The van der Waals surface area contributed by atoms with E-state index in [1.807, 2.05) is 50.2 Å². The molecule has 0 amide bonds. The van der Waals surface area contributed by atoms with E-state index in [-0.39, 0.29) is 12.5 Å². The van der Waals surface area contributed by atoms with Crippen molar-refractivity contribution < 1.29 is 23.4 Å². The lowest BCUT2D eigenvalue weighted by Gasteiger charge is -2.21. The second kappa shape index (κ2) is 9.82. The number of hydrogen-bond donors (Lipinski definition) is 0. The van der Waals surface area contributed by atoms with E-state index in [2.05, 4.69) is 0 Å². The summed E-state index contributed by atoms with van der Waals surface area (Å²) in [6.07, 6.45) is 1.63. The molecule has 0 radical (unpaired) electrons. The molecule has 0 saturated heterocycles. The van der Waals surface area contributed by atoms with Gasteiger partial charge in [0, 0.05) is 17.9 Å². The highest BCUT2D eigenvalue weighted by Crippen LogP contribution is 2.21. The number of benzene rings is 2. The second-order valence-corrected chi connectivity index (χ2v) is 7.15. The molecule has 2 aromatic carbocycles. The topological polar surface area (TPSA) is 57.9 Å². The lowest BCUT2D eigenvalue weighted by Crippen LogP contribution is -2.34. The van der Waals surface area contributed by atoms with Crippen molar-refractivity contribution in [3.8, 4) is 11.5 Å². The molecule has 0 saturated carbocycles. The molecule has 1 atom stereocenters. The zero-order valence-corrected chi connectivity index (χ0v) is 17.0. The molecule has 0 spiro atoms. The first-order valence-electron chi connectivity index (χ1n) is 9.62. The Morgan fingerprint density at radius 2 is 1.66 bits per heavy atom. The van der Waals surface area contributed by atoms with Crippen LogP contribution in [0.5, 0.6) is 11.5 Å². The van der Waals surface area contributed by atoms with Crippen LogP contribution < -0.4 is 9.47 Å². The fourth-order valence-corrected chi connectivity index (χ4v) is 2.89. The van der Waals surface area contributed by atoms with Gasteiger partial charge >= 0.3 is 5.97 Å². The number of ether oxygens (including phenoxy) is 3. The molecule has 0 N–H and O–H groups in total. The van der Waals surface area contributed by atoms with Gasteiger partial charge in [-0.2, -0.15) is 0 Å². The molecule has 3 aromatic rings. The molecule has 0 bridgehead atoms. The minimum absolute atomic E-state index is 0.0393. The van der Waals surface area contributed by atoms with Crippen molar-refractivity contribution in [3.05, 3.63) is 83.8 Å². The molecule has 0 aliphatic heterocycles. The second-order valence-electron chi connectivity index (χ2n) is 7.15. The smallest absolute Gasteiger partial charge is 0.347 e. The fraction of sp³-hybridized carbons (Fsp3) is 0.292. The van der Waals surface area contributed by atoms with Gasteiger partial charge in [-0.25, -0.2) is 4.79 Å². The van der Waals surface area contributed by atoms with Gasteiger partial charge in [-0.3, -0.25) is 0 Å². The first-order valence-corrected chi connectivity index (χ1v) is 9.62. The van der Waals surface area contributed by atoms with Crippen LogP contribution in [0.1, 0.15) is 30.7 Å². The first-order chi connectivity index (χ1) is 14.0. The van der Waals surface area contributed by atoms with Gasteiger partial charge in [-0.15, -0.1) is 0 Å². The Morgan fingerprint density at radius 3 is 2.31 bits per heavy atom. The number of esters is 1. The summed E-state index contributed by atoms with van der Waals surface area (Å²) in [6, 6.07) is 19.1. The van der Waals surface area contributed by atoms with Crippen molar-refractivity contribution in [2.45, 2.75) is 33.0 Å². The highest BCUT2D eigenvalue weighted by molar-refractivity contribution is 5.75. The zero-order valence-electron chi connectivity index (χ0n) is 17.0. The highest BCUT2D eigenvalue weighted by Gasteiger charge is 2.26. The van der Waals surface area contributed by atoms with E-state index in [0.717, 1.165) is 22.6 Å². The van der Waals surface area contributed by atoms with E-state index >= 15 is 0 Å². The third-order valence-electron chi connectivity index (χ3n) is 4.47. The van der Waals surface area contributed by atoms with E-state index in [1.54, 1.807) is 37.6 Å². The van der Waals surface area contributed by atoms with E-state index in [0.29, 0.717) is 12.2 Å². The van der Waals surface area contributed by atoms with Gasteiger partial charge < -0.3 is 18.6 Å². The Bertz CT molecular complexity index is 897. The summed E-state index contributed by atoms with van der Waals surface area (Å²) in [5.41, 5.74) is 1.98. The molecular formula is C24H26O5. The molecule has 1 heterocycles. The maximum atomic E-state index is 12.6. The van der Waals surface area contributed by atoms with Gasteiger partial charge in [0.25, 0.3) is 0 Å². The average Bonchev–Trinajstić information content (AvgIpc) is 3.18. The minimum Gasteiger partial charge on any atom is -0.497 e. The molecular weight excluding hydrogens is 368 g/mol. The van der Waals surface area contributed by atoms with Gasteiger partial charge in [0.2, 0.25) is 0 Å². The number of carbonyl (C=O) groups excluding carboxylic acids is 1. The van der Waals surface area contributed by atoms with E-state index < -0.39 is 12.1 Å². The van der Waals surface area contributed by atoms with E-state index in [9.17, 15) is 4.79 Å². The third kappa shape index (κ3) is 5.88. The monoisotopic (exact) mass is 394 g/mol. The molecule has 152 valence electrons. The Hall–Kier alpha value is -3.21. The maximum absolute atomic E-state index is 12.6. The number of rotatable bonds is 9. The van der Waals surface area contributed by atoms with Crippen LogP contribution in [-0.4, -0.2) is 19.2 Å². The largest absolute Gasteiger partial charge is 0.497 e. The summed E-state index contributed by atoms with van der Waals surface area (Å²) < 4.78 is 22.1. The molecule has 5 nitrogen and oxygen atoms in total.